The molecule has 6 heteroatoms. The molecule has 0 aliphatic heterocycles. The summed E-state index contributed by atoms with van der Waals surface area (Å²) >= 11 is 6.03. The summed E-state index contributed by atoms with van der Waals surface area (Å²) in [6.07, 6.45) is 3.37. The van der Waals surface area contributed by atoms with Crippen LogP contribution in [-0.4, -0.2) is 27.4 Å². The van der Waals surface area contributed by atoms with Gasteiger partial charge in [-0.3, -0.25) is 0 Å². The standard InChI is InChI=1S/C14H12BClO4/c16-14-7-11(15(19)20)4-3-10(14)2-1-9-5-12(17)8-13(18)6-9/h1-8,17-20H. The van der Waals surface area contributed by atoms with Crippen molar-refractivity contribution in [3.8, 4) is 11.5 Å². The summed E-state index contributed by atoms with van der Waals surface area (Å²) in [7, 11) is -1.56. The summed E-state index contributed by atoms with van der Waals surface area (Å²) in [5.74, 6) is -0.0657. The highest BCUT2D eigenvalue weighted by atomic mass is 35.5. The molecule has 0 saturated carbocycles. The Morgan fingerprint density at radius 3 is 2.10 bits per heavy atom. The number of rotatable bonds is 3. The maximum atomic E-state index is 9.37. The van der Waals surface area contributed by atoms with E-state index in [-0.39, 0.29) is 11.5 Å². The Hall–Kier alpha value is -1.95. The highest BCUT2D eigenvalue weighted by Crippen LogP contribution is 2.23. The SMILES string of the molecule is OB(O)c1ccc(C=Cc2cc(O)cc(O)c2)c(Cl)c1. The molecule has 0 amide bonds. The van der Waals surface area contributed by atoms with Gasteiger partial charge in [-0.15, -0.1) is 0 Å². The number of phenols is 2. The van der Waals surface area contributed by atoms with E-state index in [1.807, 2.05) is 0 Å². The van der Waals surface area contributed by atoms with Crippen molar-refractivity contribution in [2.24, 2.45) is 0 Å². The second-order valence-electron chi connectivity index (χ2n) is 4.27. The van der Waals surface area contributed by atoms with E-state index in [4.69, 9.17) is 21.6 Å². The van der Waals surface area contributed by atoms with E-state index in [2.05, 4.69) is 0 Å². The largest absolute Gasteiger partial charge is 0.508 e. The number of aromatic hydroxyl groups is 2. The molecule has 0 unspecified atom stereocenters. The number of hydrogen-bond donors (Lipinski definition) is 4. The first kappa shape index (κ1) is 14.5. The first-order valence-electron chi connectivity index (χ1n) is 5.82. The van der Waals surface area contributed by atoms with Crippen molar-refractivity contribution in [3.63, 3.8) is 0 Å². The molecule has 0 heterocycles. The van der Waals surface area contributed by atoms with Gasteiger partial charge in [0.25, 0.3) is 0 Å². The van der Waals surface area contributed by atoms with Crippen molar-refractivity contribution in [1.82, 2.24) is 0 Å². The minimum atomic E-state index is -1.56. The lowest BCUT2D eigenvalue weighted by Crippen LogP contribution is -2.29. The minimum Gasteiger partial charge on any atom is -0.508 e. The van der Waals surface area contributed by atoms with E-state index in [0.29, 0.717) is 21.6 Å². The summed E-state index contributed by atoms with van der Waals surface area (Å²) in [6.45, 7) is 0. The zero-order valence-corrected chi connectivity index (χ0v) is 11.1. The molecular formula is C14H12BClO4. The molecule has 4 nitrogen and oxygen atoms in total. The Labute approximate surface area is 121 Å². The lowest BCUT2D eigenvalue weighted by Gasteiger charge is -2.03. The first-order chi connectivity index (χ1) is 9.45. The van der Waals surface area contributed by atoms with Crippen LogP contribution in [0.2, 0.25) is 5.02 Å². The fourth-order valence-electron chi connectivity index (χ4n) is 1.74. The summed E-state index contributed by atoms with van der Waals surface area (Å²) in [5.41, 5.74) is 1.60. The summed E-state index contributed by atoms with van der Waals surface area (Å²) in [4.78, 5) is 0. The molecule has 0 atom stereocenters. The van der Waals surface area contributed by atoms with Crippen LogP contribution in [0.4, 0.5) is 0 Å². The summed E-state index contributed by atoms with van der Waals surface area (Å²) in [5, 5.41) is 37.2. The smallest absolute Gasteiger partial charge is 0.488 e. The van der Waals surface area contributed by atoms with Gasteiger partial charge in [-0.1, -0.05) is 35.9 Å². The fourth-order valence-corrected chi connectivity index (χ4v) is 1.99. The predicted molar refractivity (Wildman–Crippen MR) is 80.0 cm³/mol. The average Bonchev–Trinajstić information content (AvgIpc) is 2.36. The van der Waals surface area contributed by atoms with Gasteiger partial charge in [0.1, 0.15) is 11.5 Å². The van der Waals surface area contributed by atoms with Crippen LogP contribution in [0.1, 0.15) is 11.1 Å². The molecule has 0 aliphatic rings. The van der Waals surface area contributed by atoms with E-state index in [0.717, 1.165) is 0 Å². The molecule has 102 valence electrons. The van der Waals surface area contributed by atoms with Gasteiger partial charge >= 0.3 is 7.12 Å². The molecule has 0 saturated heterocycles. The fraction of sp³-hybridized carbons (Fsp3) is 0. The molecule has 0 fully saturated rings. The highest BCUT2D eigenvalue weighted by Gasteiger charge is 2.11. The van der Waals surface area contributed by atoms with Gasteiger partial charge < -0.3 is 20.3 Å². The molecule has 20 heavy (non-hydrogen) atoms. The third-order valence-electron chi connectivity index (χ3n) is 2.70. The number of phenolic OH excluding ortho intramolecular Hbond substituents is 2. The molecule has 2 rings (SSSR count). The van der Waals surface area contributed by atoms with E-state index in [9.17, 15) is 10.2 Å². The van der Waals surface area contributed by atoms with Crippen LogP contribution in [0.15, 0.2) is 36.4 Å². The highest BCUT2D eigenvalue weighted by molar-refractivity contribution is 6.59. The minimum absolute atomic E-state index is 0.0329. The maximum Gasteiger partial charge on any atom is 0.488 e. The molecule has 2 aromatic rings. The van der Waals surface area contributed by atoms with Gasteiger partial charge in [-0.2, -0.15) is 0 Å². The zero-order valence-electron chi connectivity index (χ0n) is 10.4. The molecule has 4 N–H and O–H groups in total. The quantitative estimate of drug-likeness (QED) is 0.511. The van der Waals surface area contributed by atoms with E-state index >= 15 is 0 Å². The van der Waals surface area contributed by atoms with Crippen molar-refractivity contribution in [1.29, 1.82) is 0 Å². The van der Waals surface area contributed by atoms with Crippen LogP contribution in [0.5, 0.6) is 11.5 Å². The van der Waals surface area contributed by atoms with Crippen molar-refractivity contribution < 1.29 is 20.3 Å². The second-order valence-corrected chi connectivity index (χ2v) is 4.68. The van der Waals surface area contributed by atoms with Gasteiger partial charge in [0.2, 0.25) is 0 Å². The monoisotopic (exact) mass is 290 g/mol. The molecule has 0 radical (unpaired) electrons. The predicted octanol–water partition coefficient (Wildman–Crippen LogP) is 1.60. The normalized spacial score (nSPS) is 10.9. The lowest BCUT2D eigenvalue weighted by atomic mass is 9.80. The third kappa shape index (κ3) is 3.54. The lowest BCUT2D eigenvalue weighted by molar-refractivity contribution is 0.425. The maximum absolute atomic E-state index is 9.37. The molecular weight excluding hydrogens is 278 g/mol. The van der Waals surface area contributed by atoms with Gasteiger partial charge in [0.15, 0.2) is 0 Å². The first-order valence-corrected chi connectivity index (χ1v) is 6.20. The molecule has 0 aromatic heterocycles. The van der Waals surface area contributed by atoms with Crippen LogP contribution in [0.25, 0.3) is 12.2 Å². The number of hydrogen-bond acceptors (Lipinski definition) is 4. The van der Waals surface area contributed by atoms with Crippen LogP contribution < -0.4 is 5.46 Å². The van der Waals surface area contributed by atoms with Crippen LogP contribution in [0.3, 0.4) is 0 Å². The van der Waals surface area contributed by atoms with Gasteiger partial charge in [-0.25, -0.2) is 0 Å². The Balaban J connectivity index is 2.27. The molecule has 2 aromatic carbocycles. The van der Waals surface area contributed by atoms with Gasteiger partial charge in [-0.05, 0) is 34.8 Å². The van der Waals surface area contributed by atoms with Crippen molar-refractivity contribution in [2.75, 3.05) is 0 Å². The Morgan fingerprint density at radius 2 is 1.55 bits per heavy atom. The van der Waals surface area contributed by atoms with Crippen LogP contribution >= 0.6 is 11.6 Å². The number of benzene rings is 2. The summed E-state index contributed by atoms with van der Waals surface area (Å²) in [6, 6.07) is 8.89. The molecule has 0 bridgehead atoms. The Bertz CT molecular complexity index is 635. The van der Waals surface area contributed by atoms with Crippen molar-refractivity contribution in [3.05, 3.63) is 52.5 Å². The van der Waals surface area contributed by atoms with Crippen molar-refractivity contribution in [2.45, 2.75) is 0 Å². The van der Waals surface area contributed by atoms with Gasteiger partial charge in [0, 0.05) is 11.1 Å². The van der Waals surface area contributed by atoms with Gasteiger partial charge in [0.05, 0.1) is 0 Å². The second kappa shape index (κ2) is 6.01. The molecule has 0 aliphatic carbocycles. The van der Waals surface area contributed by atoms with Crippen molar-refractivity contribution >= 4 is 36.3 Å². The topological polar surface area (TPSA) is 80.9 Å². The van der Waals surface area contributed by atoms with E-state index < -0.39 is 7.12 Å². The third-order valence-corrected chi connectivity index (χ3v) is 3.03. The summed E-state index contributed by atoms with van der Waals surface area (Å²) < 4.78 is 0. The number of halogens is 1. The average molecular weight is 291 g/mol. The Morgan fingerprint density at radius 1 is 0.900 bits per heavy atom. The Kier molecular flexibility index (Phi) is 4.34. The van der Waals surface area contributed by atoms with Crippen LogP contribution in [0, 0.1) is 0 Å². The van der Waals surface area contributed by atoms with E-state index in [1.54, 1.807) is 24.3 Å². The van der Waals surface area contributed by atoms with Crippen LogP contribution in [-0.2, 0) is 0 Å². The zero-order chi connectivity index (χ0) is 14.7. The molecule has 0 spiro atoms. The van der Waals surface area contributed by atoms with E-state index in [1.165, 1.54) is 24.3 Å².